The molecular formula is C32H37N3O8. The molecule has 0 bridgehead atoms. The summed E-state index contributed by atoms with van der Waals surface area (Å²) in [6, 6.07) is 15.2. The van der Waals surface area contributed by atoms with Gasteiger partial charge < -0.3 is 34.4 Å². The minimum Gasteiger partial charge on any atom is -0.456 e. The molecule has 0 unspecified atom stereocenters. The first-order chi connectivity index (χ1) is 20.7. The Bertz CT molecular complexity index is 1370. The fourth-order valence-electron chi connectivity index (χ4n) is 4.96. The molecule has 2 aliphatic rings. The van der Waals surface area contributed by atoms with E-state index in [0.717, 1.165) is 5.56 Å². The van der Waals surface area contributed by atoms with Crippen LogP contribution in [0.1, 0.15) is 27.9 Å². The Kier molecular flexibility index (Phi) is 10.8. The predicted molar refractivity (Wildman–Crippen MR) is 157 cm³/mol. The van der Waals surface area contributed by atoms with E-state index in [1.54, 1.807) is 57.6 Å². The van der Waals surface area contributed by atoms with Crippen LogP contribution < -0.4 is 5.32 Å². The lowest BCUT2D eigenvalue weighted by molar-refractivity contribution is -0.137. The molecule has 2 aromatic carbocycles. The first-order valence-electron chi connectivity index (χ1n) is 14.0. The second-order valence-electron chi connectivity index (χ2n) is 10.5. The van der Waals surface area contributed by atoms with Gasteiger partial charge in [0.2, 0.25) is 17.7 Å². The number of amides is 3. The second-order valence-corrected chi connectivity index (χ2v) is 10.5. The van der Waals surface area contributed by atoms with Crippen LogP contribution in [0.3, 0.4) is 0 Å². The van der Waals surface area contributed by atoms with E-state index >= 15 is 0 Å². The van der Waals surface area contributed by atoms with Gasteiger partial charge in [0.15, 0.2) is 0 Å². The van der Waals surface area contributed by atoms with E-state index in [9.17, 15) is 24.3 Å². The number of benzene rings is 2. The van der Waals surface area contributed by atoms with Crippen LogP contribution in [0.15, 0.2) is 72.3 Å². The quantitative estimate of drug-likeness (QED) is 0.297. The van der Waals surface area contributed by atoms with E-state index in [4.69, 9.17) is 14.2 Å². The van der Waals surface area contributed by atoms with Gasteiger partial charge in [-0.2, -0.15) is 0 Å². The van der Waals surface area contributed by atoms with Gasteiger partial charge in [0.25, 0.3) is 0 Å². The van der Waals surface area contributed by atoms with Crippen molar-refractivity contribution in [2.75, 3.05) is 41.1 Å². The van der Waals surface area contributed by atoms with Gasteiger partial charge in [0, 0.05) is 52.2 Å². The zero-order chi connectivity index (χ0) is 30.9. The van der Waals surface area contributed by atoms with Crippen molar-refractivity contribution in [2.45, 2.75) is 37.2 Å². The molecule has 1 aliphatic carbocycles. The smallest absolute Gasteiger partial charge is 0.339 e. The van der Waals surface area contributed by atoms with Gasteiger partial charge in [-0.1, -0.05) is 48.5 Å². The number of nitrogens with zero attached hydrogens (tertiary/aromatic N) is 2. The number of nitrogens with one attached hydrogen (secondary N) is 1. The molecule has 1 saturated heterocycles. The molecule has 4 atom stereocenters. The highest BCUT2D eigenvalue weighted by atomic mass is 16.7. The number of carbonyl (C=O) groups is 4. The van der Waals surface area contributed by atoms with Gasteiger partial charge >= 0.3 is 5.97 Å². The van der Waals surface area contributed by atoms with Crippen LogP contribution in [-0.4, -0.2) is 104 Å². The van der Waals surface area contributed by atoms with Crippen LogP contribution in [0.2, 0.25) is 0 Å². The van der Waals surface area contributed by atoms with Gasteiger partial charge in [-0.15, -0.1) is 0 Å². The third kappa shape index (κ3) is 7.95. The molecule has 4 rings (SSSR count). The summed E-state index contributed by atoms with van der Waals surface area (Å²) in [6.45, 7) is -0.198. The molecule has 1 heterocycles. The van der Waals surface area contributed by atoms with Crippen LogP contribution >= 0.6 is 0 Å². The maximum Gasteiger partial charge on any atom is 0.339 e. The Morgan fingerprint density at radius 3 is 2.49 bits per heavy atom. The number of hydrogen-bond donors (Lipinski definition) is 2. The van der Waals surface area contributed by atoms with Crippen molar-refractivity contribution in [3.05, 3.63) is 89.0 Å². The Morgan fingerprint density at radius 1 is 1.05 bits per heavy atom. The minimum absolute atomic E-state index is 0.0244. The molecule has 1 aliphatic heterocycles. The Balaban J connectivity index is 1.53. The molecule has 2 N–H and O–H groups in total. The summed E-state index contributed by atoms with van der Waals surface area (Å²) >= 11 is 0. The number of likely N-dealkylation sites (N-methyl/N-ethyl adjacent to an activating group) is 2. The van der Waals surface area contributed by atoms with E-state index < -0.39 is 42.1 Å². The fourth-order valence-corrected chi connectivity index (χ4v) is 4.96. The van der Waals surface area contributed by atoms with Gasteiger partial charge in [0.1, 0.15) is 31.1 Å². The number of esters is 1. The molecule has 2 aromatic rings. The van der Waals surface area contributed by atoms with Gasteiger partial charge in [0.05, 0.1) is 12.2 Å². The first-order valence-corrected chi connectivity index (χ1v) is 14.0. The summed E-state index contributed by atoms with van der Waals surface area (Å²) in [5.74, 6) is -1.68. The van der Waals surface area contributed by atoms with Crippen molar-refractivity contribution in [2.24, 2.45) is 0 Å². The summed E-state index contributed by atoms with van der Waals surface area (Å²) in [5.41, 5.74) is 1.94. The molecule has 0 saturated carbocycles. The van der Waals surface area contributed by atoms with E-state index in [-0.39, 0.29) is 44.3 Å². The third-order valence-electron chi connectivity index (χ3n) is 7.33. The number of fused-ring (bicyclic) bond motifs is 1. The molecule has 0 radical (unpaired) electrons. The number of aliphatic hydroxyl groups is 1. The van der Waals surface area contributed by atoms with E-state index in [1.165, 1.54) is 15.9 Å². The third-order valence-corrected chi connectivity index (χ3v) is 7.33. The largest absolute Gasteiger partial charge is 0.456 e. The average molecular weight is 592 g/mol. The van der Waals surface area contributed by atoms with Crippen molar-refractivity contribution in [1.82, 2.24) is 15.1 Å². The number of hydrogen-bond acceptors (Lipinski definition) is 8. The topological polar surface area (TPSA) is 135 Å². The summed E-state index contributed by atoms with van der Waals surface area (Å²) in [5, 5.41) is 11.9. The normalized spacial score (nSPS) is 20.1. The molecule has 11 nitrogen and oxygen atoms in total. The van der Waals surface area contributed by atoms with Crippen LogP contribution in [0.25, 0.3) is 6.08 Å². The zero-order valence-corrected chi connectivity index (χ0v) is 24.5. The molecule has 0 aromatic heterocycles. The molecule has 0 spiro atoms. The molecule has 11 heteroatoms. The van der Waals surface area contributed by atoms with Gasteiger partial charge in [-0.25, -0.2) is 4.79 Å². The lowest BCUT2D eigenvalue weighted by atomic mass is 9.90. The Morgan fingerprint density at radius 2 is 1.77 bits per heavy atom. The van der Waals surface area contributed by atoms with Crippen molar-refractivity contribution >= 4 is 29.8 Å². The Hall–Kier alpha value is -4.32. The van der Waals surface area contributed by atoms with Crippen molar-refractivity contribution < 1.29 is 38.5 Å². The van der Waals surface area contributed by atoms with Gasteiger partial charge in [-0.3, -0.25) is 14.4 Å². The lowest BCUT2D eigenvalue weighted by Crippen LogP contribution is -2.51. The Labute approximate surface area is 250 Å². The number of ether oxygens (including phenoxy) is 3. The highest BCUT2D eigenvalue weighted by molar-refractivity contribution is 5.98. The minimum atomic E-state index is -0.856. The first kappa shape index (κ1) is 31.6. The summed E-state index contributed by atoms with van der Waals surface area (Å²) in [6.07, 6.45) is 2.82. The standard InChI is InChI=1S/C32H37N3O8/c1-34(2)28(37)14-13-22-11-7-8-12-24(22)32(40)43-27-19-23(18-26-29(27)42-20-41-26)31(39)35(3)25(30(38)33-15-16-36)17-21-9-5-4-6-10-21/h4-14,18,25-27,29,36H,15-17,19-20H2,1-3H3,(H,33,38)/t25-,26-,27-,29-/m1/s1. The molecule has 228 valence electrons. The maximum atomic E-state index is 13.8. The van der Waals surface area contributed by atoms with Crippen LogP contribution in [-0.2, 0) is 35.0 Å². The molecule has 1 fully saturated rings. The maximum absolute atomic E-state index is 13.8. The summed E-state index contributed by atoms with van der Waals surface area (Å²) < 4.78 is 17.3. The SMILES string of the molecule is CN(C)C(=O)C=Cc1ccccc1C(=O)O[C@@H]1CC(C(=O)N(C)[C@H](Cc2ccccc2)C(=O)NCCO)=C[C@H]2OCO[C@H]21. The van der Waals surface area contributed by atoms with Crippen LogP contribution in [0.5, 0.6) is 0 Å². The monoisotopic (exact) mass is 591 g/mol. The highest BCUT2D eigenvalue weighted by Crippen LogP contribution is 2.32. The molecule has 43 heavy (non-hydrogen) atoms. The molecule has 3 amide bonds. The summed E-state index contributed by atoms with van der Waals surface area (Å²) in [7, 11) is 4.81. The predicted octanol–water partition coefficient (Wildman–Crippen LogP) is 1.56. The summed E-state index contributed by atoms with van der Waals surface area (Å²) in [4.78, 5) is 55.1. The van der Waals surface area contributed by atoms with E-state index in [0.29, 0.717) is 11.1 Å². The average Bonchev–Trinajstić information content (AvgIpc) is 3.50. The van der Waals surface area contributed by atoms with Crippen molar-refractivity contribution in [3.8, 4) is 0 Å². The van der Waals surface area contributed by atoms with Crippen molar-refractivity contribution in [3.63, 3.8) is 0 Å². The van der Waals surface area contributed by atoms with Crippen LogP contribution in [0, 0.1) is 0 Å². The number of rotatable bonds is 11. The van der Waals surface area contributed by atoms with Crippen LogP contribution in [0.4, 0.5) is 0 Å². The van der Waals surface area contributed by atoms with E-state index in [1.807, 2.05) is 30.3 Å². The number of carbonyl (C=O) groups excluding carboxylic acids is 4. The fraction of sp³-hybridized carbons (Fsp3) is 0.375. The number of aliphatic hydroxyl groups excluding tert-OH is 1. The van der Waals surface area contributed by atoms with Crippen molar-refractivity contribution in [1.29, 1.82) is 0 Å². The van der Waals surface area contributed by atoms with E-state index in [2.05, 4.69) is 5.32 Å². The highest BCUT2D eigenvalue weighted by Gasteiger charge is 2.43. The van der Waals surface area contributed by atoms with Gasteiger partial charge in [-0.05, 0) is 29.3 Å². The zero-order valence-electron chi connectivity index (χ0n) is 24.5. The molecular weight excluding hydrogens is 554 g/mol. The lowest BCUT2D eigenvalue weighted by Gasteiger charge is -2.33. The second kappa shape index (κ2) is 14.7.